The van der Waals surface area contributed by atoms with Crippen LogP contribution in [-0.2, 0) is 0 Å². The molecule has 1 heterocycles. The van der Waals surface area contributed by atoms with Crippen LogP contribution >= 0.6 is 12.2 Å². The van der Waals surface area contributed by atoms with Gasteiger partial charge in [0.25, 0.3) is 0 Å². The fraction of sp³-hybridized carbons (Fsp3) is 0.500. The van der Waals surface area contributed by atoms with E-state index >= 15 is 0 Å². The zero-order valence-corrected chi connectivity index (χ0v) is 11.8. The molecule has 0 amide bonds. The minimum Gasteiger partial charge on any atom is -0.390 e. The van der Waals surface area contributed by atoms with E-state index in [0.717, 1.165) is 31.6 Å². The number of hydrogen-bond donors (Lipinski definition) is 2. The number of halogens is 1. The number of thiocarbonyl (C=S) groups is 1. The fourth-order valence-corrected chi connectivity index (χ4v) is 2.59. The lowest BCUT2D eigenvalue weighted by molar-refractivity contribution is 0.0481. The second-order valence-electron chi connectivity index (χ2n) is 5.37. The van der Waals surface area contributed by atoms with E-state index in [-0.39, 0.29) is 16.4 Å². The summed E-state index contributed by atoms with van der Waals surface area (Å²) in [6.45, 7) is 3.40. The maximum absolute atomic E-state index is 13.9. The van der Waals surface area contributed by atoms with E-state index in [2.05, 4.69) is 4.90 Å². The van der Waals surface area contributed by atoms with Gasteiger partial charge in [-0.05, 0) is 44.4 Å². The Morgan fingerprint density at radius 2 is 2.16 bits per heavy atom. The van der Waals surface area contributed by atoms with Crippen molar-refractivity contribution in [1.29, 1.82) is 0 Å². The first-order valence-corrected chi connectivity index (χ1v) is 6.86. The molecule has 0 bridgehead atoms. The molecular formula is C14H19FN2OS. The maximum atomic E-state index is 13.9. The van der Waals surface area contributed by atoms with Gasteiger partial charge in [-0.15, -0.1) is 0 Å². The zero-order chi connectivity index (χ0) is 14.0. The highest BCUT2D eigenvalue weighted by Gasteiger charge is 2.25. The second-order valence-corrected chi connectivity index (χ2v) is 5.81. The second kappa shape index (κ2) is 5.43. The molecule has 0 aromatic heterocycles. The minimum atomic E-state index is -0.619. The summed E-state index contributed by atoms with van der Waals surface area (Å²) < 4.78 is 13.9. The smallest absolute Gasteiger partial charge is 0.135 e. The molecule has 3 N–H and O–H groups in total. The van der Waals surface area contributed by atoms with Crippen LogP contribution in [0.2, 0.25) is 0 Å². The molecule has 19 heavy (non-hydrogen) atoms. The Hall–Kier alpha value is -1.20. The molecule has 0 saturated carbocycles. The molecule has 1 aromatic rings. The van der Waals surface area contributed by atoms with Crippen LogP contribution in [0.25, 0.3) is 0 Å². The van der Waals surface area contributed by atoms with Gasteiger partial charge in [0.05, 0.1) is 5.60 Å². The first-order valence-electron chi connectivity index (χ1n) is 6.46. The summed E-state index contributed by atoms with van der Waals surface area (Å²) in [7, 11) is 0. The Bertz CT molecular complexity index is 490. The normalized spacial score (nSPS) is 24.1. The molecule has 1 atom stereocenters. The standard InChI is InChI=1S/C14H19FN2OS/c1-14(18)5-2-7-17(8-6-14)10-3-4-11(13(16)19)12(15)9-10/h3-4,9,18H,2,5-8H2,1H3,(H2,16,19). The van der Waals surface area contributed by atoms with Gasteiger partial charge in [-0.1, -0.05) is 12.2 Å². The number of nitrogens with zero attached hydrogens (tertiary/aromatic N) is 1. The third kappa shape index (κ3) is 3.42. The Morgan fingerprint density at radius 1 is 1.42 bits per heavy atom. The van der Waals surface area contributed by atoms with Crippen LogP contribution in [0.5, 0.6) is 0 Å². The van der Waals surface area contributed by atoms with Crippen molar-refractivity contribution in [3.63, 3.8) is 0 Å². The lowest BCUT2D eigenvalue weighted by atomic mass is 9.98. The van der Waals surface area contributed by atoms with Crippen molar-refractivity contribution in [2.45, 2.75) is 31.8 Å². The number of nitrogens with two attached hydrogens (primary N) is 1. The summed E-state index contributed by atoms with van der Waals surface area (Å²) in [4.78, 5) is 2.16. The van der Waals surface area contributed by atoms with Gasteiger partial charge in [0.2, 0.25) is 0 Å². The van der Waals surface area contributed by atoms with Gasteiger partial charge < -0.3 is 15.7 Å². The summed E-state index contributed by atoms with van der Waals surface area (Å²) in [6, 6.07) is 4.92. The molecule has 1 aliphatic rings. The van der Waals surface area contributed by atoms with Crippen LogP contribution in [0.3, 0.4) is 0 Å². The number of aliphatic hydroxyl groups is 1. The number of anilines is 1. The van der Waals surface area contributed by atoms with E-state index in [1.54, 1.807) is 6.07 Å². The molecule has 1 aliphatic heterocycles. The van der Waals surface area contributed by atoms with E-state index in [1.807, 2.05) is 13.0 Å². The first kappa shape index (κ1) is 14.2. The number of hydrogen-bond acceptors (Lipinski definition) is 3. The van der Waals surface area contributed by atoms with E-state index in [0.29, 0.717) is 6.42 Å². The number of rotatable bonds is 2. The molecule has 3 nitrogen and oxygen atoms in total. The van der Waals surface area contributed by atoms with E-state index in [4.69, 9.17) is 18.0 Å². The Kier molecular flexibility index (Phi) is 4.06. The lowest BCUT2D eigenvalue weighted by Gasteiger charge is -2.24. The third-order valence-electron chi connectivity index (χ3n) is 3.65. The van der Waals surface area contributed by atoms with Crippen LogP contribution in [0.15, 0.2) is 18.2 Å². The van der Waals surface area contributed by atoms with Gasteiger partial charge in [0, 0.05) is 24.3 Å². The quantitative estimate of drug-likeness (QED) is 0.817. The van der Waals surface area contributed by atoms with E-state index in [9.17, 15) is 9.50 Å². The topological polar surface area (TPSA) is 49.5 Å². The Labute approximate surface area is 118 Å². The van der Waals surface area contributed by atoms with E-state index in [1.165, 1.54) is 6.07 Å². The average molecular weight is 282 g/mol. The summed E-state index contributed by atoms with van der Waals surface area (Å²) >= 11 is 4.79. The van der Waals surface area contributed by atoms with Gasteiger partial charge in [0.15, 0.2) is 0 Å². The average Bonchev–Trinajstić information content (AvgIpc) is 2.49. The summed E-state index contributed by atoms with van der Waals surface area (Å²) in [5.74, 6) is -0.388. The van der Waals surface area contributed by atoms with Crippen LogP contribution in [-0.4, -0.2) is 28.8 Å². The first-order chi connectivity index (χ1) is 8.89. The SMILES string of the molecule is CC1(O)CCCN(c2ccc(C(N)=S)c(F)c2)CC1. The van der Waals surface area contributed by atoms with Crippen molar-refractivity contribution in [3.8, 4) is 0 Å². The molecule has 1 saturated heterocycles. The predicted octanol–water partition coefficient (Wildman–Crippen LogP) is 2.20. The molecule has 5 heteroatoms. The van der Waals surface area contributed by atoms with E-state index < -0.39 is 5.60 Å². The Morgan fingerprint density at radius 3 is 2.79 bits per heavy atom. The molecule has 2 rings (SSSR count). The summed E-state index contributed by atoms with van der Waals surface area (Å²) in [5, 5.41) is 10.1. The van der Waals surface area contributed by atoms with Crippen molar-refractivity contribution >= 4 is 22.9 Å². The highest BCUT2D eigenvalue weighted by Crippen LogP contribution is 2.26. The van der Waals surface area contributed by atoms with Gasteiger partial charge in [-0.25, -0.2) is 4.39 Å². The van der Waals surface area contributed by atoms with Crippen molar-refractivity contribution in [1.82, 2.24) is 0 Å². The Balaban J connectivity index is 2.18. The highest BCUT2D eigenvalue weighted by molar-refractivity contribution is 7.80. The van der Waals surface area contributed by atoms with Gasteiger partial charge in [-0.3, -0.25) is 0 Å². The highest BCUT2D eigenvalue weighted by atomic mass is 32.1. The van der Waals surface area contributed by atoms with Crippen molar-refractivity contribution in [2.75, 3.05) is 18.0 Å². The van der Waals surface area contributed by atoms with Gasteiger partial charge >= 0.3 is 0 Å². The molecule has 1 unspecified atom stereocenters. The molecular weight excluding hydrogens is 263 g/mol. The van der Waals surface area contributed by atoms with Crippen LogP contribution in [0.1, 0.15) is 31.7 Å². The van der Waals surface area contributed by atoms with Crippen molar-refractivity contribution < 1.29 is 9.50 Å². The monoisotopic (exact) mass is 282 g/mol. The van der Waals surface area contributed by atoms with Gasteiger partial charge in [0.1, 0.15) is 10.8 Å². The van der Waals surface area contributed by atoms with Crippen molar-refractivity contribution in [3.05, 3.63) is 29.6 Å². The maximum Gasteiger partial charge on any atom is 0.135 e. The molecule has 0 aliphatic carbocycles. The van der Waals surface area contributed by atoms with Crippen LogP contribution in [0, 0.1) is 5.82 Å². The lowest BCUT2D eigenvalue weighted by Crippen LogP contribution is -2.28. The molecule has 104 valence electrons. The molecule has 0 spiro atoms. The largest absolute Gasteiger partial charge is 0.390 e. The fourth-order valence-electron chi connectivity index (χ4n) is 2.42. The molecule has 1 aromatic carbocycles. The van der Waals surface area contributed by atoms with Crippen LogP contribution < -0.4 is 10.6 Å². The van der Waals surface area contributed by atoms with Gasteiger partial charge in [-0.2, -0.15) is 0 Å². The third-order valence-corrected chi connectivity index (χ3v) is 3.87. The molecule has 0 radical (unpaired) electrons. The predicted molar refractivity (Wildman–Crippen MR) is 79.0 cm³/mol. The van der Waals surface area contributed by atoms with Crippen molar-refractivity contribution in [2.24, 2.45) is 5.73 Å². The minimum absolute atomic E-state index is 0.0721. The summed E-state index contributed by atoms with van der Waals surface area (Å²) in [5.41, 5.74) is 5.92. The van der Waals surface area contributed by atoms with Crippen LogP contribution in [0.4, 0.5) is 10.1 Å². The summed E-state index contributed by atoms with van der Waals surface area (Å²) in [6.07, 6.45) is 2.36. The number of benzene rings is 1. The molecule has 1 fully saturated rings. The zero-order valence-electron chi connectivity index (χ0n) is 11.0.